The van der Waals surface area contributed by atoms with Crippen molar-refractivity contribution in [3.8, 4) is 0 Å². The zero-order chi connectivity index (χ0) is 22.3. The van der Waals surface area contributed by atoms with E-state index >= 15 is 0 Å². The third kappa shape index (κ3) is 3.49. The minimum atomic E-state index is -4.64. The SMILES string of the molecule is Cc1cc(Cn2c(C)nnc2C(F)(F)F)ccc1C1(C(N)=O)C=CC=CC1C(N)=O. The molecule has 0 spiro atoms. The van der Waals surface area contributed by atoms with Gasteiger partial charge in [0.25, 0.3) is 0 Å². The number of amides is 2. The van der Waals surface area contributed by atoms with Crippen molar-refractivity contribution in [1.29, 1.82) is 0 Å². The van der Waals surface area contributed by atoms with Gasteiger partial charge in [0.05, 0.1) is 12.5 Å². The van der Waals surface area contributed by atoms with Crippen LogP contribution in [0.4, 0.5) is 13.2 Å². The van der Waals surface area contributed by atoms with Gasteiger partial charge < -0.3 is 16.0 Å². The van der Waals surface area contributed by atoms with Crippen molar-refractivity contribution in [2.45, 2.75) is 32.0 Å². The summed E-state index contributed by atoms with van der Waals surface area (Å²) in [6, 6.07) is 4.81. The van der Waals surface area contributed by atoms with E-state index in [1.165, 1.54) is 19.1 Å². The fraction of sp³-hybridized carbons (Fsp3) is 0.300. The van der Waals surface area contributed by atoms with Crippen LogP contribution in [0.15, 0.2) is 42.5 Å². The Morgan fingerprint density at radius 2 is 1.87 bits per heavy atom. The van der Waals surface area contributed by atoms with E-state index in [2.05, 4.69) is 10.2 Å². The van der Waals surface area contributed by atoms with Gasteiger partial charge in [0, 0.05) is 0 Å². The van der Waals surface area contributed by atoms with Crippen molar-refractivity contribution in [2.75, 3.05) is 0 Å². The maximum absolute atomic E-state index is 13.2. The van der Waals surface area contributed by atoms with E-state index in [9.17, 15) is 22.8 Å². The smallest absolute Gasteiger partial charge is 0.369 e. The van der Waals surface area contributed by atoms with Crippen molar-refractivity contribution in [2.24, 2.45) is 17.4 Å². The number of primary amides is 2. The van der Waals surface area contributed by atoms with Gasteiger partial charge in [-0.15, -0.1) is 10.2 Å². The maximum atomic E-state index is 13.2. The fourth-order valence-corrected chi connectivity index (χ4v) is 3.83. The first-order valence-electron chi connectivity index (χ1n) is 9.00. The number of nitrogens with two attached hydrogens (primary N) is 2. The molecule has 0 aliphatic heterocycles. The average Bonchev–Trinajstić information content (AvgIpc) is 3.02. The molecular formula is C20H20F3N5O2. The third-order valence-electron chi connectivity index (χ3n) is 5.25. The molecule has 2 unspecified atom stereocenters. The van der Waals surface area contributed by atoms with Crippen molar-refractivity contribution in [1.82, 2.24) is 14.8 Å². The molecule has 4 N–H and O–H groups in total. The second kappa shape index (κ2) is 7.43. The molecule has 30 heavy (non-hydrogen) atoms. The summed E-state index contributed by atoms with van der Waals surface area (Å²) in [5, 5.41) is 6.74. The number of rotatable bonds is 5. The number of carbonyl (C=O) groups is 2. The lowest BCUT2D eigenvalue weighted by Gasteiger charge is -2.35. The second-order valence-corrected chi connectivity index (χ2v) is 7.16. The van der Waals surface area contributed by atoms with Crippen molar-refractivity contribution < 1.29 is 22.8 Å². The Morgan fingerprint density at radius 1 is 1.17 bits per heavy atom. The molecule has 0 fully saturated rings. The van der Waals surface area contributed by atoms with E-state index < -0.39 is 35.1 Å². The Balaban J connectivity index is 2.05. The van der Waals surface area contributed by atoms with Crippen molar-refractivity contribution in [3.05, 3.63) is 70.8 Å². The van der Waals surface area contributed by atoms with Crippen molar-refractivity contribution >= 4 is 11.8 Å². The lowest BCUT2D eigenvalue weighted by atomic mass is 9.66. The molecule has 0 bridgehead atoms. The monoisotopic (exact) mass is 419 g/mol. The van der Waals surface area contributed by atoms with Gasteiger partial charge in [-0.3, -0.25) is 9.59 Å². The highest BCUT2D eigenvalue weighted by molar-refractivity contribution is 5.97. The van der Waals surface area contributed by atoms with Crippen LogP contribution in [0.1, 0.15) is 28.3 Å². The van der Waals surface area contributed by atoms with E-state index in [1.54, 1.807) is 37.3 Å². The first-order chi connectivity index (χ1) is 14.0. The van der Waals surface area contributed by atoms with E-state index in [4.69, 9.17) is 11.5 Å². The molecule has 1 aliphatic carbocycles. The first-order valence-corrected chi connectivity index (χ1v) is 9.00. The van der Waals surface area contributed by atoms with E-state index in [-0.39, 0.29) is 12.4 Å². The van der Waals surface area contributed by atoms with Crippen LogP contribution in [-0.2, 0) is 27.7 Å². The van der Waals surface area contributed by atoms with Crippen LogP contribution in [0.25, 0.3) is 0 Å². The molecule has 2 aromatic rings. The van der Waals surface area contributed by atoms with E-state index in [0.717, 1.165) is 4.57 Å². The summed E-state index contributed by atoms with van der Waals surface area (Å²) >= 11 is 0. The zero-order valence-corrected chi connectivity index (χ0v) is 16.3. The van der Waals surface area contributed by atoms with Crippen molar-refractivity contribution in [3.63, 3.8) is 0 Å². The van der Waals surface area contributed by atoms with Gasteiger partial charge in [0.2, 0.25) is 17.6 Å². The van der Waals surface area contributed by atoms with Crippen LogP contribution in [0.2, 0.25) is 0 Å². The highest BCUT2D eigenvalue weighted by atomic mass is 19.4. The van der Waals surface area contributed by atoms with Crippen LogP contribution in [0, 0.1) is 19.8 Å². The molecule has 0 radical (unpaired) electrons. The number of aryl methyl sites for hydroxylation is 2. The summed E-state index contributed by atoms with van der Waals surface area (Å²) in [4.78, 5) is 24.5. The van der Waals surface area contributed by atoms with E-state index in [0.29, 0.717) is 16.7 Å². The number of nitrogens with zero attached hydrogens (tertiary/aromatic N) is 3. The minimum absolute atomic E-state index is 0.117. The summed E-state index contributed by atoms with van der Waals surface area (Å²) in [6.07, 6.45) is 1.61. The summed E-state index contributed by atoms with van der Waals surface area (Å²) in [7, 11) is 0. The van der Waals surface area contributed by atoms with Crippen LogP contribution >= 0.6 is 0 Å². The molecule has 2 atom stereocenters. The molecule has 1 aromatic heterocycles. The summed E-state index contributed by atoms with van der Waals surface area (Å²) in [5.74, 6) is -3.43. The van der Waals surface area contributed by atoms with Gasteiger partial charge in [0.1, 0.15) is 11.2 Å². The Hall–Kier alpha value is -3.43. The number of benzene rings is 1. The number of alkyl halides is 3. The normalized spacial score (nSPS) is 21.0. The van der Waals surface area contributed by atoms with Crippen LogP contribution in [0.3, 0.4) is 0 Å². The molecular weight excluding hydrogens is 399 g/mol. The quantitative estimate of drug-likeness (QED) is 0.770. The highest BCUT2D eigenvalue weighted by Crippen LogP contribution is 2.39. The zero-order valence-electron chi connectivity index (χ0n) is 16.3. The van der Waals surface area contributed by atoms with Gasteiger partial charge in [-0.1, -0.05) is 42.5 Å². The Labute approximate surface area is 170 Å². The van der Waals surface area contributed by atoms with Gasteiger partial charge in [-0.05, 0) is 30.5 Å². The summed E-state index contributed by atoms with van der Waals surface area (Å²) < 4.78 is 40.5. The molecule has 0 saturated heterocycles. The number of allylic oxidation sites excluding steroid dienone is 2. The molecule has 158 valence electrons. The molecule has 3 rings (SSSR count). The number of hydrogen-bond donors (Lipinski definition) is 2. The molecule has 10 heteroatoms. The Bertz CT molecular complexity index is 1070. The van der Waals surface area contributed by atoms with Crippen LogP contribution < -0.4 is 11.5 Å². The predicted molar refractivity (Wildman–Crippen MR) is 102 cm³/mol. The van der Waals surface area contributed by atoms with Gasteiger partial charge >= 0.3 is 6.18 Å². The molecule has 7 nitrogen and oxygen atoms in total. The molecule has 0 saturated carbocycles. The molecule has 1 aromatic carbocycles. The van der Waals surface area contributed by atoms with Crippen LogP contribution in [-0.4, -0.2) is 26.6 Å². The molecule has 2 amide bonds. The molecule has 1 heterocycles. The largest absolute Gasteiger partial charge is 0.451 e. The standard InChI is InChI=1S/C20H20F3N5O2/c1-11-9-13(10-28-12(2)26-27-18(28)20(21,22)23)6-7-14(11)19(17(25)30)8-4-3-5-15(19)16(24)29/h3-9,15H,10H2,1-2H3,(H2,24,29)(H2,25,30). The Morgan fingerprint density at radius 3 is 2.43 bits per heavy atom. The third-order valence-corrected chi connectivity index (χ3v) is 5.25. The topological polar surface area (TPSA) is 117 Å². The average molecular weight is 419 g/mol. The summed E-state index contributed by atoms with van der Waals surface area (Å²) in [5.41, 5.74) is 11.3. The minimum Gasteiger partial charge on any atom is -0.369 e. The second-order valence-electron chi connectivity index (χ2n) is 7.16. The van der Waals surface area contributed by atoms with Crippen LogP contribution in [0.5, 0.6) is 0 Å². The Kier molecular flexibility index (Phi) is 5.27. The molecule has 1 aliphatic rings. The van der Waals surface area contributed by atoms with Gasteiger partial charge in [0.15, 0.2) is 0 Å². The van der Waals surface area contributed by atoms with E-state index in [1.807, 2.05) is 0 Å². The fourth-order valence-electron chi connectivity index (χ4n) is 3.83. The highest BCUT2D eigenvalue weighted by Gasteiger charge is 2.47. The first kappa shape index (κ1) is 21.3. The lowest BCUT2D eigenvalue weighted by Crippen LogP contribution is -2.51. The number of carbonyl (C=O) groups excluding carboxylic acids is 2. The predicted octanol–water partition coefficient (Wildman–Crippen LogP) is 1.91. The summed E-state index contributed by atoms with van der Waals surface area (Å²) in [6.45, 7) is 3.01. The number of halogens is 3. The number of aromatic nitrogens is 3. The van der Waals surface area contributed by atoms with Gasteiger partial charge in [-0.25, -0.2) is 0 Å². The number of hydrogen-bond acceptors (Lipinski definition) is 4. The lowest BCUT2D eigenvalue weighted by molar-refractivity contribution is -0.147. The maximum Gasteiger partial charge on any atom is 0.451 e. The van der Waals surface area contributed by atoms with Gasteiger partial charge in [-0.2, -0.15) is 13.2 Å².